The van der Waals surface area contributed by atoms with Crippen LogP contribution in [0.15, 0.2) is 61.8 Å². The molecule has 2 aromatic rings. The fourth-order valence-electron chi connectivity index (χ4n) is 2.21. The number of ether oxygens (including phenoxy) is 1. The molecular weight excluding hydrogens is 328 g/mol. The van der Waals surface area contributed by atoms with Gasteiger partial charge in [0.2, 0.25) is 0 Å². The maximum atomic E-state index is 12.0. The number of carbonyl (C=O) groups is 1. The third-order valence-electron chi connectivity index (χ3n) is 3.27. The van der Waals surface area contributed by atoms with Crippen LogP contribution in [0.1, 0.15) is 5.56 Å². The van der Waals surface area contributed by atoms with Gasteiger partial charge < -0.3 is 10.5 Å². The fraction of sp³-hybridized carbons (Fsp3) is 0. The van der Waals surface area contributed by atoms with Gasteiger partial charge in [0.15, 0.2) is 5.82 Å². The van der Waals surface area contributed by atoms with Gasteiger partial charge in [-0.3, -0.25) is 9.69 Å². The monoisotopic (exact) mass is 340 g/mol. The van der Waals surface area contributed by atoms with Gasteiger partial charge in [-0.2, -0.15) is 0 Å². The average molecular weight is 341 g/mol. The number of aromatic nitrogens is 2. The Morgan fingerprint density at radius 3 is 2.88 bits per heavy atom. The van der Waals surface area contributed by atoms with E-state index >= 15 is 0 Å². The van der Waals surface area contributed by atoms with Crippen molar-refractivity contribution in [3.05, 3.63) is 72.4 Å². The summed E-state index contributed by atoms with van der Waals surface area (Å²) >= 11 is 6.22. The standard InChI is InChI=1S/C17H13ClN4O2/c1-2-16(23)22-5-6-24-10-14(22)11-7-12(9-13(18)8-11)17-20-4-3-15(19)21-17/h2-10H,1H2,(H2,19,20,21). The van der Waals surface area contributed by atoms with E-state index in [1.165, 1.54) is 29.7 Å². The lowest BCUT2D eigenvalue weighted by Gasteiger charge is -2.23. The van der Waals surface area contributed by atoms with Crippen LogP contribution in [0.5, 0.6) is 0 Å². The second kappa shape index (κ2) is 6.55. The van der Waals surface area contributed by atoms with Crippen LogP contribution < -0.4 is 5.73 Å². The van der Waals surface area contributed by atoms with Crippen molar-refractivity contribution in [3.8, 4) is 11.4 Å². The molecule has 0 radical (unpaired) electrons. The van der Waals surface area contributed by atoms with Crippen LogP contribution in [0.4, 0.5) is 5.82 Å². The van der Waals surface area contributed by atoms with Crippen LogP contribution in [0.25, 0.3) is 17.1 Å². The molecule has 1 aliphatic rings. The smallest absolute Gasteiger partial charge is 0.254 e. The summed E-state index contributed by atoms with van der Waals surface area (Å²) in [5, 5.41) is 0.468. The van der Waals surface area contributed by atoms with Gasteiger partial charge in [0.1, 0.15) is 18.3 Å². The van der Waals surface area contributed by atoms with Gasteiger partial charge in [-0.1, -0.05) is 18.2 Å². The molecule has 120 valence electrons. The van der Waals surface area contributed by atoms with Crippen molar-refractivity contribution in [2.45, 2.75) is 0 Å². The van der Waals surface area contributed by atoms with Gasteiger partial charge in [0, 0.05) is 28.5 Å². The van der Waals surface area contributed by atoms with Crippen LogP contribution >= 0.6 is 11.6 Å². The number of anilines is 1. The molecular formula is C17H13ClN4O2. The molecule has 0 bridgehead atoms. The van der Waals surface area contributed by atoms with Crippen molar-refractivity contribution >= 4 is 29.0 Å². The fourth-order valence-corrected chi connectivity index (χ4v) is 2.45. The van der Waals surface area contributed by atoms with Crippen LogP contribution in [-0.4, -0.2) is 20.8 Å². The second-order valence-corrected chi connectivity index (χ2v) is 5.31. The summed E-state index contributed by atoms with van der Waals surface area (Å²) in [6, 6.07) is 6.84. The van der Waals surface area contributed by atoms with E-state index in [1.54, 1.807) is 30.5 Å². The Labute approximate surface area is 143 Å². The van der Waals surface area contributed by atoms with E-state index in [1.807, 2.05) is 0 Å². The molecule has 0 atom stereocenters. The number of halogens is 1. The zero-order valence-corrected chi connectivity index (χ0v) is 13.3. The number of hydrogen-bond acceptors (Lipinski definition) is 5. The molecule has 0 aliphatic carbocycles. The quantitative estimate of drug-likeness (QED) is 0.868. The van der Waals surface area contributed by atoms with E-state index in [9.17, 15) is 4.79 Å². The third-order valence-corrected chi connectivity index (χ3v) is 3.49. The highest BCUT2D eigenvalue weighted by Crippen LogP contribution is 2.30. The molecule has 0 unspecified atom stereocenters. The summed E-state index contributed by atoms with van der Waals surface area (Å²) in [5.74, 6) is 0.504. The molecule has 3 rings (SSSR count). The summed E-state index contributed by atoms with van der Waals surface area (Å²) in [4.78, 5) is 21.8. The number of carbonyl (C=O) groups excluding carboxylic acids is 1. The van der Waals surface area contributed by atoms with Gasteiger partial charge in [0.25, 0.3) is 5.91 Å². The van der Waals surface area contributed by atoms with Crippen LogP contribution in [0, 0.1) is 0 Å². The van der Waals surface area contributed by atoms with Crippen molar-refractivity contribution in [1.82, 2.24) is 14.9 Å². The molecule has 24 heavy (non-hydrogen) atoms. The predicted molar refractivity (Wildman–Crippen MR) is 92.1 cm³/mol. The maximum absolute atomic E-state index is 12.0. The van der Waals surface area contributed by atoms with E-state index in [-0.39, 0.29) is 5.91 Å². The van der Waals surface area contributed by atoms with Crippen molar-refractivity contribution in [3.63, 3.8) is 0 Å². The summed E-state index contributed by atoms with van der Waals surface area (Å²) < 4.78 is 5.20. The van der Waals surface area contributed by atoms with E-state index in [0.29, 0.717) is 33.5 Å². The maximum Gasteiger partial charge on any atom is 0.254 e. The molecule has 0 fully saturated rings. The lowest BCUT2D eigenvalue weighted by molar-refractivity contribution is -0.121. The zero-order valence-electron chi connectivity index (χ0n) is 12.5. The number of nitrogens with two attached hydrogens (primary N) is 1. The molecule has 7 heteroatoms. The Bertz CT molecular complexity index is 877. The first-order valence-electron chi connectivity index (χ1n) is 6.96. The molecule has 1 amide bonds. The Kier molecular flexibility index (Phi) is 4.31. The molecule has 0 spiro atoms. The summed E-state index contributed by atoms with van der Waals surface area (Å²) in [6.07, 6.45) is 7.15. The first-order valence-corrected chi connectivity index (χ1v) is 7.34. The third kappa shape index (κ3) is 3.13. The Morgan fingerprint density at radius 1 is 1.33 bits per heavy atom. The van der Waals surface area contributed by atoms with Gasteiger partial charge in [-0.15, -0.1) is 0 Å². The van der Waals surface area contributed by atoms with Gasteiger partial charge >= 0.3 is 0 Å². The van der Waals surface area contributed by atoms with Crippen molar-refractivity contribution < 1.29 is 9.53 Å². The minimum absolute atomic E-state index is 0.289. The van der Waals surface area contributed by atoms with Crippen LogP contribution in [0.3, 0.4) is 0 Å². The lowest BCUT2D eigenvalue weighted by Crippen LogP contribution is -2.24. The van der Waals surface area contributed by atoms with E-state index in [0.717, 1.165) is 0 Å². The lowest BCUT2D eigenvalue weighted by atomic mass is 10.1. The topological polar surface area (TPSA) is 81.3 Å². The molecule has 1 aromatic carbocycles. The number of nitrogens with zero attached hydrogens (tertiary/aromatic N) is 3. The Hall–Kier alpha value is -3.12. The number of hydrogen-bond donors (Lipinski definition) is 1. The number of rotatable bonds is 3. The highest BCUT2D eigenvalue weighted by Gasteiger charge is 2.19. The van der Waals surface area contributed by atoms with Gasteiger partial charge in [-0.25, -0.2) is 9.97 Å². The minimum atomic E-state index is -0.289. The Morgan fingerprint density at radius 2 is 2.12 bits per heavy atom. The zero-order chi connectivity index (χ0) is 17.1. The molecule has 2 N–H and O–H groups in total. The number of nitrogen functional groups attached to an aromatic ring is 1. The number of benzene rings is 1. The van der Waals surface area contributed by atoms with E-state index < -0.39 is 0 Å². The summed E-state index contributed by atoms with van der Waals surface area (Å²) in [6.45, 7) is 3.50. The molecule has 2 heterocycles. The Balaban J connectivity index is 2.07. The SMILES string of the molecule is C=CC(=O)N1C=COC=C1c1cc(Cl)cc(-c2nccc(N)n2)c1. The normalized spacial score (nSPS) is 13.2. The van der Waals surface area contributed by atoms with Gasteiger partial charge in [0.05, 0.1) is 5.70 Å². The minimum Gasteiger partial charge on any atom is -0.469 e. The highest BCUT2D eigenvalue weighted by molar-refractivity contribution is 6.31. The molecule has 6 nitrogen and oxygen atoms in total. The second-order valence-electron chi connectivity index (χ2n) is 4.87. The first kappa shape index (κ1) is 15.8. The highest BCUT2D eigenvalue weighted by atomic mass is 35.5. The summed E-state index contributed by atoms with van der Waals surface area (Å²) in [5.41, 5.74) is 7.57. The molecule has 1 aromatic heterocycles. The van der Waals surface area contributed by atoms with Crippen LogP contribution in [-0.2, 0) is 9.53 Å². The summed E-state index contributed by atoms with van der Waals surface area (Å²) in [7, 11) is 0. The molecule has 0 saturated heterocycles. The predicted octanol–water partition coefficient (Wildman–Crippen LogP) is 3.19. The van der Waals surface area contributed by atoms with Crippen molar-refractivity contribution in [2.75, 3.05) is 5.73 Å². The van der Waals surface area contributed by atoms with E-state index in [4.69, 9.17) is 22.1 Å². The number of amides is 1. The molecule has 0 saturated carbocycles. The van der Waals surface area contributed by atoms with Crippen molar-refractivity contribution in [2.24, 2.45) is 0 Å². The first-order chi connectivity index (χ1) is 11.6. The van der Waals surface area contributed by atoms with Crippen molar-refractivity contribution in [1.29, 1.82) is 0 Å². The largest absolute Gasteiger partial charge is 0.469 e. The average Bonchev–Trinajstić information content (AvgIpc) is 2.60. The van der Waals surface area contributed by atoms with Crippen LogP contribution in [0.2, 0.25) is 5.02 Å². The molecule has 1 aliphatic heterocycles. The van der Waals surface area contributed by atoms with E-state index in [2.05, 4.69) is 16.5 Å². The van der Waals surface area contributed by atoms with Gasteiger partial charge in [-0.05, 0) is 30.3 Å².